The van der Waals surface area contributed by atoms with Crippen LogP contribution in [0.1, 0.15) is 44.9 Å². The van der Waals surface area contributed by atoms with Gasteiger partial charge in [0.2, 0.25) is 10.0 Å². The summed E-state index contributed by atoms with van der Waals surface area (Å²) in [7, 11) is -3.85. The van der Waals surface area contributed by atoms with Gasteiger partial charge in [-0.25, -0.2) is 17.9 Å². The van der Waals surface area contributed by atoms with E-state index < -0.39 is 15.8 Å². The van der Waals surface area contributed by atoms with Crippen molar-refractivity contribution in [3.63, 3.8) is 0 Å². The van der Waals surface area contributed by atoms with Crippen molar-refractivity contribution in [2.75, 3.05) is 5.32 Å². The van der Waals surface area contributed by atoms with Gasteiger partial charge in [0.1, 0.15) is 5.82 Å². The number of hydrogen-bond acceptors (Lipinski definition) is 3. The summed E-state index contributed by atoms with van der Waals surface area (Å²) >= 11 is 0. The van der Waals surface area contributed by atoms with Gasteiger partial charge in [-0.1, -0.05) is 32.1 Å². The van der Waals surface area contributed by atoms with Crippen molar-refractivity contribution in [1.29, 1.82) is 0 Å². The third-order valence-electron chi connectivity index (χ3n) is 3.73. The first kappa shape index (κ1) is 15.3. The first-order valence-electron chi connectivity index (χ1n) is 7.06. The Morgan fingerprint density at radius 2 is 1.70 bits per heavy atom. The summed E-state index contributed by atoms with van der Waals surface area (Å²) in [6, 6.07) is 4.02. The van der Waals surface area contributed by atoms with Gasteiger partial charge in [-0.05, 0) is 31.0 Å². The van der Waals surface area contributed by atoms with Gasteiger partial charge >= 0.3 is 0 Å². The van der Waals surface area contributed by atoms with Crippen LogP contribution in [-0.4, -0.2) is 14.5 Å². The van der Waals surface area contributed by atoms with Crippen LogP contribution in [0, 0.1) is 5.82 Å². The van der Waals surface area contributed by atoms with Crippen LogP contribution >= 0.6 is 0 Å². The van der Waals surface area contributed by atoms with Crippen LogP contribution in [0.5, 0.6) is 0 Å². The highest BCUT2D eigenvalue weighted by Gasteiger charge is 2.15. The fraction of sp³-hybridized carbons (Fsp3) is 0.571. The molecule has 0 aromatic heterocycles. The van der Waals surface area contributed by atoms with E-state index >= 15 is 0 Å². The van der Waals surface area contributed by atoms with E-state index in [4.69, 9.17) is 5.14 Å². The van der Waals surface area contributed by atoms with Gasteiger partial charge in [-0.15, -0.1) is 0 Å². The van der Waals surface area contributed by atoms with Crippen molar-refractivity contribution in [3.8, 4) is 0 Å². The molecular formula is C14H21FN2O2S. The van der Waals surface area contributed by atoms with Gasteiger partial charge < -0.3 is 5.32 Å². The molecular weight excluding hydrogens is 279 g/mol. The zero-order chi connectivity index (χ0) is 14.6. The number of sulfonamides is 1. The summed E-state index contributed by atoms with van der Waals surface area (Å²) in [5, 5.41) is 8.17. The molecule has 0 heterocycles. The number of anilines is 1. The standard InChI is InChI=1S/C14H21FN2O2S/c15-13-10-12(20(16,18)19)8-9-14(13)17-11-6-4-2-1-3-5-7-11/h8-11,17H,1-7H2,(H2,16,18,19). The molecule has 4 nitrogen and oxygen atoms in total. The Morgan fingerprint density at radius 1 is 1.10 bits per heavy atom. The molecule has 0 saturated heterocycles. The number of primary sulfonamides is 1. The molecule has 0 amide bonds. The lowest BCUT2D eigenvalue weighted by Crippen LogP contribution is -2.21. The molecule has 0 unspecified atom stereocenters. The third-order valence-corrected chi connectivity index (χ3v) is 4.64. The Morgan fingerprint density at radius 3 is 2.25 bits per heavy atom. The van der Waals surface area contributed by atoms with Crippen molar-refractivity contribution >= 4 is 15.7 Å². The fourth-order valence-electron chi connectivity index (χ4n) is 2.61. The number of nitrogens with two attached hydrogens (primary N) is 1. The van der Waals surface area contributed by atoms with Crippen molar-refractivity contribution in [3.05, 3.63) is 24.0 Å². The predicted octanol–water partition coefficient (Wildman–Crippen LogP) is 3.00. The molecule has 1 aliphatic rings. The summed E-state index contributed by atoms with van der Waals surface area (Å²) in [5.41, 5.74) is 0.350. The smallest absolute Gasteiger partial charge is 0.238 e. The molecule has 1 aliphatic carbocycles. The second kappa shape index (κ2) is 6.54. The molecule has 20 heavy (non-hydrogen) atoms. The monoisotopic (exact) mass is 300 g/mol. The molecule has 1 fully saturated rings. The highest BCUT2D eigenvalue weighted by atomic mass is 32.2. The second-order valence-electron chi connectivity index (χ2n) is 5.37. The lowest BCUT2D eigenvalue weighted by atomic mass is 9.96. The summed E-state index contributed by atoms with van der Waals surface area (Å²) < 4.78 is 36.3. The third kappa shape index (κ3) is 4.18. The number of benzene rings is 1. The van der Waals surface area contributed by atoms with Crippen molar-refractivity contribution in [1.82, 2.24) is 0 Å². The fourth-order valence-corrected chi connectivity index (χ4v) is 3.14. The van der Waals surface area contributed by atoms with E-state index in [1.807, 2.05) is 0 Å². The predicted molar refractivity (Wildman–Crippen MR) is 77.5 cm³/mol. The van der Waals surface area contributed by atoms with E-state index in [1.54, 1.807) is 0 Å². The van der Waals surface area contributed by atoms with Crippen LogP contribution in [0.2, 0.25) is 0 Å². The zero-order valence-corrected chi connectivity index (χ0v) is 12.3. The highest BCUT2D eigenvalue weighted by Crippen LogP contribution is 2.23. The molecule has 2 rings (SSSR count). The molecule has 112 valence electrons. The van der Waals surface area contributed by atoms with Crippen LogP contribution < -0.4 is 10.5 Å². The second-order valence-corrected chi connectivity index (χ2v) is 6.93. The van der Waals surface area contributed by atoms with E-state index in [2.05, 4.69) is 5.32 Å². The Bertz CT molecular complexity index is 552. The maximum Gasteiger partial charge on any atom is 0.238 e. The van der Waals surface area contributed by atoms with Gasteiger partial charge in [0.05, 0.1) is 10.6 Å². The highest BCUT2D eigenvalue weighted by molar-refractivity contribution is 7.89. The Balaban J connectivity index is 2.09. The summed E-state index contributed by atoms with van der Waals surface area (Å²) in [6.45, 7) is 0. The lowest BCUT2D eigenvalue weighted by Gasteiger charge is -2.22. The van der Waals surface area contributed by atoms with E-state index in [0.717, 1.165) is 31.7 Å². The van der Waals surface area contributed by atoms with Gasteiger partial charge in [0.25, 0.3) is 0 Å². The lowest BCUT2D eigenvalue weighted by molar-refractivity contribution is 0.469. The molecule has 1 aromatic carbocycles. The average molecular weight is 300 g/mol. The molecule has 3 N–H and O–H groups in total. The van der Waals surface area contributed by atoms with Crippen LogP contribution in [0.3, 0.4) is 0 Å². The maximum absolute atomic E-state index is 13.9. The zero-order valence-electron chi connectivity index (χ0n) is 11.4. The topological polar surface area (TPSA) is 72.2 Å². The molecule has 1 saturated carbocycles. The van der Waals surface area contributed by atoms with E-state index in [0.29, 0.717) is 5.69 Å². The van der Waals surface area contributed by atoms with Crippen molar-refractivity contribution in [2.24, 2.45) is 5.14 Å². The molecule has 0 aliphatic heterocycles. The van der Waals surface area contributed by atoms with E-state index in [1.165, 1.54) is 31.4 Å². The van der Waals surface area contributed by atoms with Crippen LogP contribution in [0.25, 0.3) is 0 Å². The number of hydrogen-bond donors (Lipinski definition) is 2. The van der Waals surface area contributed by atoms with Crippen LogP contribution in [0.4, 0.5) is 10.1 Å². The maximum atomic E-state index is 13.9. The molecule has 1 aromatic rings. The Hall–Kier alpha value is -1.14. The van der Waals surface area contributed by atoms with Gasteiger partial charge in [0.15, 0.2) is 0 Å². The quantitative estimate of drug-likeness (QED) is 0.901. The number of halogens is 1. The SMILES string of the molecule is NS(=O)(=O)c1ccc(NC2CCCCCCC2)c(F)c1. The Labute approximate surface area is 119 Å². The Kier molecular flexibility index (Phi) is 4.99. The van der Waals surface area contributed by atoms with E-state index in [9.17, 15) is 12.8 Å². The summed E-state index contributed by atoms with van der Waals surface area (Å²) in [6.07, 6.45) is 8.08. The molecule has 0 atom stereocenters. The molecule has 0 bridgehead atoms. The normalized spacial score (nSPS) is 18.3. The van der Waals surface area contributed by atoms with Crippen LogP contribution in [0.15, 0.2) is 23.1 Å². The minimum atomic E-state index is -3.85. The first-order valence-corrected chi connectivity index (χ1v) is 8.60. The van der Waals surface area contributed by atoms with Crippen molar-refractivity contribution < 1.29 is 12.8 Å². The molecule has 0 radical (unpaired) electrons. The molecule has 6 heteroatoms. The van der Waals surface area contributed by atoms with Gasteiger partial charge in [0, 0.05) is 6.04 Å². The van der Waals surface area contributed by atoms with Gasteiger partial charge in [-0.2, -0.15) is 0 Å². The van der Waals surface area contributed by atoms with Crippen molar-refractivity contribution in [2.45, 2.75) is 55.9 Å². The van der Waals surface area contributed by atoms with E-state index in [-0.39, 0.29) is 10.9 Å². The van der Waals surface area contributed by atoms with Gasteiger partial charge in [-0.3, -0.25) is 0 Å². The minimum Gasteiger partial charge on any atom is -0.380 e. The largest absolute Gasteiger partial charge is 0.380 e. The van der Waals surface area contributed by atoms with Crippen LogP contribution in [-0.2, 0) is 10.0 Å². The number of rotatable bonds is 3. The minimum absolute atomic E-state index is 0.196. The average Bonchev–Trinajstić information content (AvgIpc) is 2.33. The summed E-state index contributed by atoms with van der Waals surface area (Å²) in [4.78, 5) is -0.196. The number of nitrogens with one attached hydrogen (secondary N) is 1. The molecule has 0 spiro atoms. The first-order chi connectivity index (χ1) is 9.47. The summed E-state index contributed by atoms with van der Waals surface area (Å²) in [5.74, 6) is -0.571.